The number of para-hydroxylation sites is 2. The summed E-state index contributed by atoms with van der Waals surface area (Å²) in [4.78, 5) is 0. The Hall–Kier alpha value is -1.37. The molecule has 0 saturated carbocycles. The third-order valence-corrected chi connectivity index (χ3v) is 2.36. The number of hydrogen-bond donors (Lipinski definition) is 2. The highest BCUT2D eigenvalue weighted by atomic mass is 32.2. The molecule has 7 heteroatoms. The summed E-state index contributed by atoms with van der Waals surface area (Å²) in [6, 6.07) is 5.21. The molecule has 0 aliphatic heterocycles. The van der Waals surface area contributed by atoms with Crippen LogP contribution in [0.2, 0.25) is 0 Å². The molecule has 0 bridgehead atoms. The first-order chi connectivity index (χ1) is 6.43. The fraction of sp³-hybridized carbons (Fsp3) is 0.143. The topological polar surface area (TPSA) is 66.4 Å². The molecule has 1 aromatic carbocycles. The van der Waals surface area contributed by atoms with Crippen molar-refractivity contribution in [1.29, 1.82) is 0 Å². The van der Waals surface area contributed by atoms with E-state index in [0.29, 0.717) is 0 Å². The van der Waals surface area contributed by atoms with Gasteiger partial charge in [-0.25, -0.2) is 8.42 Å². The molecule has 0 aromatic heterocycles. The number of rotatable bonds is 3. The lowest BCUT2D eigenvalue weighted by atomic mass is 10.3. The van der Waals surface area contributed by atoms with Gasteiger partial charge in [0.15, 0.2) is 0 Å². The smallest absolute Gasteiger partial charge is 0.355 e. The van der Waals surface area contributed by atoms with Crippen molar-refractivity contribution >= 4 is 15.7 Å². The SMILES string of the molecule is O=S(=O)(Nc1ccccc1O)C(F)F. The van der Waals surface area contributed by atoms with Gasteiger partial charge in [-0.05, 0) is 12.1 Å². The molecule has 0 atom stereocenters. The Morgan fingerprint density at radius 3 is 2.36 bits per heavy atom. The Kier molecular flexibility index (Phi) is 2.90. The average Bonchev–Trinajstić information content (AvgIpc) is 2.08. The van der Waals surface area contributed by atoms with Gasteiger partial charge in [0.2, 0.25) is 0 Å². The monoisotopic (exact) mass is 223 g/mol. The summed E-state index contributed by atoms with van der Waals surface area (Å²) in [7, 11) is -4.72. The predicted molar refractivity (Wildman–Crippen MR) is 46.7 cm³/mol. The predicted octanol–water partition coefficient (Wildman–Crippen LogP) is 1.36. The molecule has 14 heavy (non-hydrogen) atoms. The summed E-state index contributed by atoms with van der Waals surface area (Å²) < 4.78 is 46.7. The summed E-state index contributed by atoms with van der Waals surface area (Å²) in [5, 5.41) is 9.08. The van der Waals surface area contributed by atoms with E-state index in [1.807, 2.05) is 0 Å². The zero-order chi connectivity index (χ0) is 10.8. The van der Waals surface area contributed by atoms with Gasteiger partial charge in [0.25, 0.3) is 10.0 Å². The Balaban J connectivity index is 2.96. The van der Waals surface area contributed by atoms with Gasteiger partial charge < -0.3 is 5.11 Å². The minimum Gasteiger partial charge on any atom is -0.506 e. The van der Waals surface area contributed by atoms with Gasteiger partial charge in [-0.15, -0.1) is 0 Å². The Morgan fingerprint density at radius 1 is 1.29 bits per heavy atom. The summed E-state index contributed by atoms with van der Waals surface area (Å²) in [5.41, 5.74) is -0.271. The van der Waals surface area contributed by atoms with Gasteiger partial charge in [-0.2, -0.15) is 8.78 Å². The van der Waals surface area contributed by atoms with Crippen molar-refractivity contribution in [2.75, 3.05) is 4.72 Å². The van der Waals surface area contributed by atoms with Crippen LogP contribution in [0.25, 0.3) is 0 Å². The van der Waals surface area contributed by atoms with E-state index in [0.717, 1.165) is 0 Å². The molecule has 0 radical (unpaired) electrons. The van der Waals surface area contributed by atoms with E-state index in [1.54, 1.807) is 4.72 Å². The van der Waals surface area contributed by atoms with Crippen LogP contribution < -0.4 is 4.72 Å². The molecule has 78 valence electrons. The standard InChI is InChI=1S/C7H7F2NO3S/c8-7(9)14(12,13)10-5-3-1-2-4-6(5)11/h1-4,7,10-11H. The third-order valence-electron chi connectivity index (χ3n) is 1.39. The van der Waals surface area contributed by atoms with Crippen molar-refractivity contribution in [2.45, 2.75) is 5.76 Å². The molecule has 0 unspecified atom stereocenters. The number of anilines is 1. The van der Waals surface area contributed by atoms with E-state index in [2.05, 4.69) is 0 Å². The number of sulfonamides is 1. The number of phenols is 1. The fourth-order valence-electron chi connectivity index (χ4n) is 0.758. The van der Waals surface area contributed by atoms with Crippen LogP contribution >= 0.6 is 0 Å². The largest absolute Gasteiger partial charge is 0.506 e. The van der Waals surface area contributed by atoms with Crippen molar-refractivity contribution in [3.63, 3.8) is 0 Å². The van der Waals surface area contributed by atoms with E-state index in [9.17, 15) is 17.2 Å². The van der Waals surface area contributed by atoms with Crippen LogP contribution in [0.5, 0.6) is 5.75 Å². The number of nitrogens with one attached hydrogen (secondary N) is 1. The van der Waals surface area contributed by atoms with Crippen molar-refractivity contribution in [2.24, 2.45) is 0 Å². The van der Waals surface area contributed by atoms with Crippen molar-refractivity contribution in [3.05, 3.63) is 24.3 Å². The number of alkyl halides is 2. The lowest BCUT2D eigenvalue weighted by Gasteiger charge is -2.07. The summed E-state index contributed by atoms with van der Waals surface area (Å²) in [6.45, 7) is 0. The summed E-state index contributed by atoms with van der Waals surface area (Å²) in [6.07, 6.45) is 0. The van der Waals surface area contributed by atoms with E-state index in [1.165, 1.54) is 24.3 Å². The van der Waals surface area contributed by atoms with Gasteiger partial charge in [0, 0.05) is 0 Å². The van der Waals surface area contributed by atoms with Crippen molar-refractivity contribution in [1.82, 2.24) is 0 Å². The molecule has 0 aliphatic carbocycles. The second-order valence-electron chi connectivity index (χ2n) is 2.42. The highest BCUT2D eigenvalue weighted by Crippen LogP contribution is 2.23. The van der Waals surface area contributed by atoms with Gasteiger partial charge in [-0.3, -0.25) is 4.72 Å². The minimum atomic E-state index is -4.72. The van der Waals surface area contributed by atoms with Crippen molar-refractivity contribution in [3.8, 4) is 5.75 Å². The van der Waals surface area contributed by atoms with Crippen LogP contribution in [0, 0.1) is 0 Å². The Bertz CT molecular complexity index is 419. The van der Waals surface area contributed by atoms with Crippen LogP contribution in [0.15, 0.2) is 24.3 Å². The first-order valence-corrected chi connectivity index (χ1v) is 5.06. The van der Waals surface area contributed by atoms with Crippen LogP contribution in [0.4, 0.5) is 14.5 Å². The molecule has 0 heterocycles. The maximum Gasteiger partial charge on any atom is 0.355 e. The number of aromatic hydroxyl groups is 1. The van der Waals surface area contributed by atoms with E-state index >= 15 is 0 Å². The summed E-state index contributed by atoms with van der Waals surface area (Å²) in [5.74, 6) is -3.93. The zero-order valence-corrected chi connectivity index (χ0v) is 7.63. The van der Waals surface area contributed by atoms with Gasteiger partial charge in [-0.1, -0.05) is 12.1 Å². The van der Waals surface area contributed by atoms with E-state index in [-0.39, 0.29) is 5.69 Å². The normalized spacial score (nSPS) is 11.6. The van der Waals surface area contributed by atoms with Crippen LogP contribution in [0.1, 0.15) is 0 Å². The van der Waals surface area contributed by atoms with E-state index in [4.69, 9.17) is 5.11 Å². The number of benzene rings is 1. The molecule has 0 spiro atoms. The van der Waals surface area contributed by atoms with Gasteiger partial charge in [0.05, 0.1) is 5.69 Å². The molecule has 1 aromatic rings. The first kappa shape index (κ1) is 10.7. The lowest BCUT2D eigenvalue weighted by Crippen LogP contribution is -2.20. The second-order valence-corrected chi connectivity index (χ2v) is 4.08. The molecule has 2 N–H and O–H groups in total. The molecule has 1 rings (SSSR count). The van der Waals surface area contributed by atoms with Crippen LogP contribution in [-0.4, -0.2) is 19.3 Å². The number of halogens is 2. The maximum absolute atomic E-state index is 11.9. The molecule has 0 aliphatic rings. The van der Waals surface area contributed by atoms with Gasteiger partial charge >= 0.3 is 5.76 Å². The Morgan fingerprint density at radius 2 is 1.86 bits per heavy atom. The third kappa shape index (κ3) is 2.32. The zero-order valence-electron chi connectivity index (χ0n) is 6.81. The molecular weight excluding hydrogens is 216 g/mol. The van der Waals surface area contributed by atoms with Crippen LogP contribution in [-0.2, 0) is 10.0 Å². The maximum atomic E-state index is 11.9. The molecule has 4 nitrogen and oxygen atoms in total. The minimum absolute atomic E-state index is 0.271. The van der Waals surface area contributed by atoms with E-state index < -0.39 is 21.5 Å². The molecule has 0 fully saturated rings. The van der Waals surface area contributed by atoms with Crippen LogP contribution in [0.3, 0.4) is 0 Å². The lowest BCUT2D eigenvalue weighted by molar-refractivity contribution is 0.236. The average molecular weight is 223 g/mol. The van der Waals surface area contributed by atoms with Gasteiger partial charge in [0.1, 0.15) is 5.75 Å². The summed E-state index contributed by atoms with van der Waals surface area (Å²) >= 11 is 0. The highest BCUT2D eigenvalue weighted by molar-refractivity contribution is 7.93. The number of hydrogen-bond acceptors (Lipinski definition) is 3. The Labute approximate surface area is 79.2 Å². The number of phenolic OH excluding ortho intramolecular Hbond substituents is 1. The molecule has 0 amide bonds. The second kappa shape index (κ2) is 3.79. The molecular formula is C7H7F2NO3S. The first-order valence-electron chi connectivity index (χ1n) is 3.51. The quantitative estimate of drug-likeness (QED) is 0.760. The fourth-order valence-corrected chi connectivity index (χ4v) is 1.33. The molecule has 0 saturated heterocycles. The van der Waals surface area contributed by atoms with Crippen molar-refractivity contribution < 1.29 is 22.3 Å². The highest BCUT2D eigenvalue weighted by Gasteiger charge is 2.24.